The zero-order valence-electron chi connectivity index (χ0n) is 11.7. The standard InChI is InChI=1S/C15H20Cl2N2O/c1-2-14-5-3-4-6-19(14)15(20)10-18-13-8-11(16)7-12(17)9-13/h7-9,14,18H,2-6,10H2,1H3. The highest BCUT2D eigenvalue weighted by Crippen LogP contribution is 2.23. The normalized spacial score (nSPS) is 18.9. The van der Waals surface area contributed by atoms with Gasteiger partial charge in [-0.2, -0.15) is 0 Å². The highest BCUT2D eigenvalue weighted by Gasteiger charge is 2.24. The lowest BCUT2D eigenvalue weighted by Gasteiger charge is -2.35. The third kappa shape index (κ3) is 4.03. The lowest BCUT2D eigenvalue weighted by molar-refractivity contribution is -0.133. The van der Waals surface area contributed by atoms with Gasteiger partial charge in [0.25, 0.3) is 0 Å². The number of anilines is 1. The zero-order chi connectivity index (χ0) is 14.5. The Hall–Kier alpha value is -0.930. The fraction of sp³-hybridized carbons (Fsp3) is 0.533. The van der Waals surface area contributed by atoms with E-state index >= 15 is 0 Å². The van der Waals surface area contributed by atoms with Crippen molar-refractivity contribution >= 4 is 34.8 Å². The Morgan fingerprint density at radius 2 is 2.00 bits per heavy atom. The summed E-state index contributed by atoms with van der Waals surface area (Å²) in [6.45, 7) is 3.29. The van der Waals surface area contributed by atoms with Crippen LogP contribution in [-0.4, -0.2) is 29.9 Å². The van der Waals surface area contributed by atoms with Gasteiger partial charge in [-0.25, -0.2) is 0 Å². The number of benzene rings is 1. The quantitative estimate of drug-likeness (QED) is 0.903. The van der Waals surface area contributed by atoms with Crippen LogP contribution in [0.3, 0.4) is 0 Å². The van der Waals surface area contributed by atoms with Crippen molar-refractivity contribution in [1.82, 2.24) is 4.90 Å². The monoisotopic (exact) mass is 314 g/mol. The number of nitrogens with one attached hydrogen (secondary N) is 1. The van der Waals surface area contributed by atoms with Crippen molar-refractivity contribution < 1.29 is 4.79 Å². The van der Waals surface area contributed by atoms with E-state index in [1.165, 1.54) is 6.42 Å². The van der Waals surface area contributed by atoms with Crippen LogP contribution in [0, 0.1) is 0 Å². The number of carbonyl (C=O) groups is 1. The van der Waals surface area contributed by atoms with E-state index in [4.69, 9.17) is 23.2 Å². The van der Waals surface area contributed by atoms with Gasteiger partial charge in [0.1, 0.15) is 0 Å². The van der Waals surface area contributed by atoms with Gasteiger partial charge in [-0.1, -0.05) is 30.1 Å². The third-order valence-electron chi connectivity index (χ3n) is 3.73. The van der Waals surface area contributed by atoms with E-state index in [0.29, 0.717) is 16.1 Å². The summed E-state index contributed by atoms with van der Waals surface area (Å²) >= 11 is 11.9. The fourth-order valence-corrected chi connectivity index (χ4v) is 3.21. The first-order valence-electron chi connectivity index (χ1n) is 7.09. The second-order valence-corrected chi connectivity index (χ2v) is 6.03. The summed E-state index contributed by atoms with van der Waals surface area (Å²) in [6, 6.07) is 5.61. The fourth-order valence-electron chi connectivity index (χ4n) is 2.69. The van der Waals surface area contributed by atoms with Crippen LogP contribution >= 0.6 is 23.2 Å². The van der Waals surface area contributed by atoms with E-state index in [1.54, 1.807) is 18.2 Å². The minimum atomic E-state index is 0.146. The minimum absolute atomic E-state index is 0.146. The van der Waals surface area contributed by atoms with Crippen LogP contribution in [0.25, 0.3) is 0 Å². The number of likely N-dealkylation sites (tertiary alicyclic amines) is 1. The molecule has 20 heavy (non-hydrogen) atoms. The smallest absolute Gasteiger partial charge is 0.242 e. The molecule has 1 amide bonds. The number of amides is 1. The maximum Gasteiger partial charge on any atom is 0.242 e. The summed E-state index contributed by atoms with van der Waals surface area (Å²) in [5, 5.41) is 4.24. The van der Waals surface area contributed by atoms with Crippen LogP contribution < -0.4 is 5.32 Å². The van der Waals surface area contributed by atoms with Crippen molar-refractivity contribution in [3.63, 3.8) is 0 Å². The van der Waals surface area contributed by atoms with E-state index in [0.717, 1.165) is 31.5 Å². The first-order chi connectivity index (χ1) is 9.60. The molecule has 1 atom stereocenters. The Morgan fingerprint density at radius 3 is 2.65 bits per heavy atom. The molecule has 0 aromatic heterocycles. The van der Waals surface area contributed by atoms with E-state index in [-0.39, 0.29) is 12.5 Å². The van der Waals surface area contributed by atoms with Crippen LogP contribution in [0.4, 0.5) is 5.69 Å². The van der Waals surface area contributed by atoms with Crippen molar-refractivity contribution in [2.24, 2.45) is 0 Å². The molecule has 1 heterocycles. The van der Waals surface area contributed by atoms with Crippen molar-refractivity contribution in [3.8, 4) is 0 Å². The molecule has 0 spiro atoms. The Morgan fingerprint density at radius 1 is 1.30 bits per heavy atom. The maximum absolute atomic E-state index is 12.3. The average molecular weight is 315 g/mol. The van der Waals surface area contributed by atoms with Gasteiger partial charge in [0.2, 0.25) is 5.91 Å². The Balaban J connectivity index is 1.94. The predicted molar refractivity (Wildman–Crippen MR) is 84.6 cm³/mol. The van der Waals surface area contributed by atoms with Crippen LogP contribution in [0.5, 0.6) is 0 Å². The van der Waals surface area contributed by atoms with E-state index in [9.17, 15) is 4.79 Å². The molecule has 5 heteroatoms. The lowest BCUT2D eigenvalue weighted by atomic mass is 10.00. The second kappa shape index (κ2) is 7.19. The molecular formula is C15H20Cl2N2O. The molecule has 0 radical (unpaired) electrons. The molecule has 1 unspecified atom stereocenters. The Labute approximate surface area is 130 Å². The summed E-state index contributed by atoms with van der Waals surface area (Å²) in [7, 11) is 0. The molecule has 0 aliphatic carbocycles. The Kier molecular flexibility index (Phi) is 5.55. The van der Waals surface area contributed by atoms with Crippen molar-refractivity contribution in [3.05, 3.63) is 28.2 Å². The molecule has 110 valence electrons. The number of carbonyl (C=O) groups excluding carboxylic acids is 1. The maximum atomic E-state index is 12.3. The summed E-state index contributed by atoms with van der Waals surface area (Å²) in [5.41, 5.74) is 0.779. The molecule has 1 N–H and O–H groups in total. The molecule has 1 saturated heterocycles. The summed E-state index contributed by atoms with van der Waals surface area (Å²) in [4.78, 5) is 14.3. The molecular weight excluding hydrogens is 295 g/mol. The van der Waals surface area contributed by atoms with E-state index in [2.05, 4.69) is 12.2 Å². The highest BCUT2D eigenvalue weighted by molar-refractivity contribution is 6.35. The van der Waals surface area contributed by atoms with Crippen LogP contribution in [-0.2, 0) is 4.79 Å². The van der Waals surface area contributed by atoms with Gasteiger partial charge >= 0.3 is 0 Å². The van der Waals surface area contributed by atoms with Crippen molar-refractivity contribution in [1.29, 1.82) is 0 Å². The number of piperidine rings is 1. The number of rotatable bonds is 4. The Bertz CT molecular complexity index is 459. The summed E-state index contributed by atoms with van der Waals surface area (Å²) in [5.74, 6) is 0.146. The SMILES string of the molecule is CCC1CCCCN1C(=O)CNc1cc(Cl)cc(Cl)c1. The van der Waals surface area contributed by atoms with Gasteiger partial charge in [0.15, 0.2) is 0 Å². The van der Waals surface area contributed by atoms with Crippen LogP contribution in [0.2, 0.25) is 10.0 Å². The minimum Gasteiger partial charge on any atom is -0.376 e. The van der Waals surface area contributed by atoms with Crippen LogP contribution in [0.1, 0.15) is 32.6 Å². The van der Waals surface area contributed by atoms with Gasteiger partial charge in [-0.05, 0) is 43.9 Å². The second-order valence-electron chi connectivity index (χ2n) is 5.16. The summed E-state index contributed by atoms with van der Waals surface area (Å²) < 4.78 is 0. The molecule has 0 saturated carbocycles. The lowest BCUT2D eigenvalue weighted by Crippen LogP contribution is -2.45. The topological polar surface area (TPSA) is 32.3 Å². The van der Waals surface area contributed by atoms with Crippen molar-refractivity contribution in [2.45, 2.75) is 38.6 Å². The van der Waals surface area contributed by atoms with Gasteiger partial charge in [-0.3, -0.25) is 4.79 Å². The highest BCUT2D eigenvalue weighted by atomic mass is 35.5. The van der Waals surface area contributed by atoms with Gasteiger partial charge in [0.05, 0.1) is 6.54 Å². The molecule has 1 aromatic rings. The molecule has 3 nitrogen and oxygen atoms in total. The molecule has 1 aromatic carbocycles. The largest absolute Gasteiger partial charge is 0.376 e. The molecule has 2 rings (SSSR count). The third-order valence-corrected chi connectivity index (χ3v) is 4.16. The molecule has 1 fully saturated rings. The predicted octanol–water partition coefficient (Wildman–Crippen LogP) is 4.20. The molecule has 0 bridgehead atoms. The first kappa shape index (κ1) is 15.5. The number of halogens is 2. The van der Waals surface area contributed by atoms with E-state index in [1.807, 2.05) is 4.90 Å². The van der Waals surface area contributed by atoms with Crippen molar-refractivity contribution in [2.75, 3.05) is 18.4 Å². The molecule has 1 aliphatic heterocycles. The zero-order valence-corrected chi connectivity index (χ0v) is 13.2. The number of hydrogen-bond acceptors (Lipinski definition) is 2. The first-order valence-corrected chi connectivity index (χ1v) is 7.85. The van der Waals surface area contributed by atoms with Gasteiger partial charge in [0, 0.05) is 28.3 Å². The average Bonchev–Trinajstić information content (AvgIpc) is 2.43. The molecule has 1 aliphatic rings. The van der Waals surface area contributed by atoms with Gasteiger partial charge < -0.3 is 10.2 Å². The summed E-state index contributed by atoms with van der Waals surface area (Å²) in [6.07, 6.45) is 4.46. The van der Waals surface area contributed by atoms with Gasteiger partial charge in [-0.15, -0.1) is 0 Å². The van der Waals surface area contributed by atoms with E-state index < -0.39 is 0 Å². The number of hydrogen-bond donors (Lipinski definition) is 1. The van der Waals surface area contributed by atoms with Crippen LogP contribution in [0.15, 0.2) is 18.2 Å². The number of nitrogens with zero attached hydrogens (tertiary/aromatic N) is 1.